The highest BCUT2D eigenvalue weighted by Gasteiger charge is 2.44. The summed E-state index contributed by atoms with van der Waals surface area (Å²) >= 11 is 0. The highest BCUT2D eigenvalue weighted by atomic mass is 16.6. The van der Waals surface area contributed by atoms with E-state index < -0.39 is 24.5 Å². The topological polar surface area (TPSA) is 126 Å². The number of aliphatic hydroxyl groups excluding tert-OH is 3. The van der Waals surface area contributed by atoms with Gasteiger partial charge in [-0.2, -0.15) is 0 Å². The molecule has 1 aliphatic heterocycles. The quantitative estimate of drug-likeness (QED) is 0.572. The number of aliphatic hydroxyl groups is 3. The molecule has 0 unspecified atom stereocenters. The van der Waals surface area contributed by atoms with Crippen molar-refractivity contribution < 1.29 is 20.1 Å². The van der Waals surface area contributed by atoms with E-state index in [4.69, 9.17) is 4.74 Å². The number of hydrogen-bond acceptors (Lipinski definition) is 8. The lowest BCUT2D eigenvalue weighted by Crippen LogP contribution is -2.33. The van der Waals surface area contributed by atoms with Crippen LogP contribution in [0.4, 0.5) is 5.82 Å². The van der Waals surface area contributed by atoms with Gasteiger partial charge >= 0.3 is 0 Å². The highest BCUT2D eigenvalue weighted by molar-refractivity contribution is 5.83. The van der Waals surface area contributed by atoms with Crippen LogP contribution < -0.4 is 5.32 Å². The maximum Gasteiger partial charge on any atom is 0.167 e. The minimum absolute atomic E-state index is 0.375. The van der Waals surface area contributed by atoms with Gasteiger partial charge in [-0.1, -0.05) is 13.3 Å². The number of fused-ring (bicyclic) bond motifs is 1. The fraction of sp³-hybridized carbons (Fsp3) is 0.667. The Kier molecular flexibility index (Phi) is 4.95. The fourth-order valence-electron chi connectivity index (χ4n) is 2.88. The molecule has 2 aromatic heterocycles. The standard InChI is InChI=1S/C15H23N5O4/c1-3-4-5-9-18-13(16-2)10-14(19-9)20(7-17-10)15-12(23)11(22)8(6-21)24-15/h7-8,11-12,15,21-23H,3-6H2,1-2H3,(H,16,18,19)/t8-,11-,12+,15-/m1/s1. The lowest BCUT2D eigenvalue weighted by molar-refractivity contribution is -0.0511. The Bertz CT molecular complexity index is 706. The summed E-state index contributed by atoms with van der Waals surface area (Å²) in [5, 5.41) is 32.5. The van der Waals surface area contributed by atoms with Gasteiger partial charge in [0.2, 0.25) is 0 Å². The normalized spacial score (nSPS) is 27.0. The van der Waals surface area contributed by atoms with E-state index in [1.807, 2.05) is 0 Å². The monoisotopic (exact) mass is 337 g/mol. The van der Waals surface area contributed by atoms with Gasteiger partial charge in [0.05, 0.1) is 12.9 Å². The van der Waals surface area contributed by atoms with E-state index in [9.17, 15) is 15.3 Å². The van der Waals surface area contributed by atoms with Crippen LogP contribution in [-0.4, -0.2) is 66.8 Å². The first-order chi connectivity index (χ1) is 11.6. The molecule has 3 heterocycles. The summed E-state index contributed by atoms with van der Waals surface area (Å²) in [5.41, 5.74) is 1.09. The Morgan fingerprint density at radius 2 is 2.08 bits per heavy atom. The van der Waals surface area contributed by atoms with Crippen molar-refractivity contribution in [3.63, 3.8) is 0 Å². The molecule has 2 aromatic rings. The molecule has 0 bridgehead atoms. The van der Waals surface area contributed by atoms with Crippen LogP contribution >= 0.6 is 0 Å². The predicted octanol–water partition coefficient (Wildman–Crippen LogP) is -0.178. The zero-order chi connectivity index (χ0) is 17.3. The summed E-state index contributed by atoms with van der Waals surface area (Å²) in [6.07, 6.45) is 0.204. The molecule has 1 aliphatic rings. The molecule has 132 valence electrons. The molecule has 4 N–H and O–H groups in total. The Balaban J connectivity index is 2.02. The molecule has 0 radical (unpaired) electrons. The number of ether oxygens (including phenoxy) is 1. The van der Waals surface area contributed by atoms with Crippen molar-refractivity contribution in [3.05, 3.63) is 12.2 Å². The van der Waals surface area contributed by atoms with Gasteiger partial charge in [-0.05, 0) is 6.42 Å². The minimum Gasteiger partial charge on any atom is -0.394 e. The summed E-state index contributed by atoms with van der Waals surface area (Å²) < 4.78 is 7.15. The molecule has 9 heteroatoms. The van der Waals surface area contributed by atoms with E-state index in [1.165, 1.54) is 6.33 Å². The molecule has 0 spiro atoms. The molecule has 0 saturated carbocycles. The van der Waals surface area contributed by atoms with Crippen molar-refractivity contribution in [2.24, 2.45) is 0 Å². The average Bonchev–Trinajstić information content (AvgIpc) is 3.14. The van der Waals surface area contributed by atoms with E-state index in [0.29, 0.717) is 22.8 Å². The van der Waals surface area contributed by atoms with Gasteiger partial charge in [0.25, 0.3) is 0 Å². The van der Waals surface area contributed by atoms with Crippen LogP contribution in [0.5, 0.6) is 0 Å². The molecular formula is C15H23N5O4. The number of anilines is 1. The van der Waals surface area contributed by atoms with Gasteiger partial charge in [-0.25, -0.2) is 15.0 Å². The summed E-state index contributed by atoms with van der Waals surface area (Å²) in [4.78, 5) is 13.3. The van der Waals surface area contributed by atoms with E-state index in [-0.39, 0.29) is 6.61 Å². The van der Waals surface area contributed by atoms with Gasteiger partial charge in [0.1, 0.15) is 24.1 Å². The smallest absolute Gasteiger partial charge is 0.167 e. The second-order valence-electron chi connectivity index (χ2n) is 5.89. The molecule has 3 rings (SSSR count). The van der Waals surface area contributed by atoms with Crippen molar-refractivity contribution in [2.75, 3.05) is 19.0 Å². The average molecular weight is 337 g/mol. The first-order valence-electron chi connectivity index (χ1n) is 8.14. The summed E-state index contributed by atoms with van der Waals surface area (Å²) in [5.74, 6) is 1.29. The Labute approximate surface area is 139 Å². The molecule has 0 aliphatic carbocycles. The van der Waals surface area contributed by atoms with E-state index in [0.717, 1.165) is 19.3 Å². The van der Waals surface area contributed by atoms with Crippen molar-refractivity contribution in [1.29, 1.82) is 0 Å². The Morgan fingerprint density at radius 1 is 1.29 bits per heavy atom. The number of imidazole rings is 1. The number of unbranched alkanes of at least 4 members (excludes halogenated alkanes) is 1. The van der Waals surface area contributed by atoms with Crippen LogP contribution in [0.1, 0.15) is 31.8 Å². The Hall–Kier alpha value is -1.81. The second kappa shape index (κ2) is 6.98. The van der Waals surface area contributed by atoms with Gasteiger partial charge in [-0.15, -0.1) is 0 Å². The number of rotatable bonds is 6. The van der Waals surface area contributed by atoms with E-state index in [2.05, 4.69) is 27.2 Å². The van der Waals surface area contributed by atoms with Crippen molar-refractivity contribution in [1.82, 2.24) is 19.5 Å². The molecule has 1 fully saturated rings. The zero-order valence-electron chi connectivity index (χ0n) is 13.8. The van der Waals surface area contributed by atoms with Crippen LogP contribution in [0, 0.1) is 0 Å². The largest absolute Gasteiger partial charge is 0.394 e. The second-order valence-corrected chi connectivity index (χ2v) is 5.89. The number of nitrogens with one attached hydrogen (secondary N) is 1. The maximum absolute atomic E-state index is 10.2. The molecule has 1 saturated heterocycles. The lowest BCUT2D eigenvalue weighted by Gasteiger charge is -2.17. The molecule has 9 nitrogen and oxygen atoms in total. The SMILES string of the molecule is CCCCc1nc(NC)c2ncn([C@@H]3O[C@H](CO)[C@@H](O)[C@@H]3O)c2n1. The molecule has 0 aromatic carbocycles. The molecule has 0 amide bonds. The van der Waals surface area contributed by atoms with E-state index >= 15 is 0 Å². The van der Waals surface area contributed by atoms with Gasteiger partial charge in [-0.3, -0.25) is 4.57 Å². The fourth-order valence-corrected chi connectivity index (χ4v) is 2.88. The van der Waals surface area contributed by atoms with Crippen LogP contribution in [0.25, 0.3) is 11.2 Å². The third kappa shape index (κ3) is 2.84. The van der Waals surface area contributed by atoms with Crippen LogP contribution in [-0.2, 0) is 11.2 Å². The first-order valence-corrected chi connectivity index (χ1v) is 8.14. The third-order valence-corrected chi connectivity index (χ3v) is 4.25. The molecular weight excluding hydrogens is 314 g/mol. The minimum atomic E-state index is -1.17. The summed E-state index contributed by atoms with van der Waals surface area (Å²) in [6, 6.07) is 0. The van der Waals surface area contributed by atoms with Crippen LogP contribution in [0.3, 0.4) is 0 Å². The number of aryl methyl sites for hydroxylation is 1. The molecule has 4 atom stereocenters. The van der Waals surface area contributed by atoms with Crippen LogP contribution in [0.15, 0.2) is 6.33 Å². The van der Waals surface area contributed by atoms with Crippen molar-refractivity contribution >= 4 is 17.0 Å². The van der Waals surface area contributed by atoms with Gasteiger partial charge in [0.15, 0.2) is 23.2 Å². The van der Waals surface area contributed by atoms with E-state index in [1.54, 1.807) is 11.6 Å². The third-order valence-electron chi connectivity index (χ3n) is 4.25. The number of aromatic nitrogens is 4. The predicted molar refractivity (Wildman–Crippen MR) is 86.5 cm³/mol. The van der Waals surface area contributed by atoms with Crippen molar-refractivity contribution in [3.8, 4) is 0 Å². The van der Waals surface area contributed by atoms with Crippen molar-refractivity contribution in [2.45, 2.75) is 50.7 Å². The number of nitrogens with zero attached hydrogens (tertiary/aromatic N) is 4. The summed E-state index contributed by atoms with van der Waals surface area (Å²) in [7, 11) is 1.76. The van der Waals surface area contributed by atoms with Gasteiger partial charge in [0, 0.05) is 13.5 Å². The lowest BCUT2D eigenvalue weighted by atomic mass is 10.1. The van der Waals surface area contributed by atoms with Crippen LogP contribution in [0.2, 0.25) is 0 Å². The zero-order valence-corrected chi connectivity index (χ0v) is 13.8. The summed E-state index contributed by atoms with van der Waals surface area (Å²) in [6.45, 7) is 1.72. The first kappa shape index (κ1) is 17.0. The van der Waals surface area contributed by atoms with Gasteiger partial charge < -0.3 is 25.4 Å². The molecule has 24 heavy (non-hydrogen) atoms. The Morgan fingerprint density at radius 3 is 2.71 bits per heavy atom. The number of hydrogen-bond donors (Lipinski definition) is 4. The highest BCUT2D eigenvalue weighted by Crippen LogP contribution is 2.32. The maximum atomic E-state index is 10.2.